The number of benzene rings is 3. The van der Waals surface area contributed by atoms with E-state index < -0.39 is 17.8 Å². The molecule has 0 atom stereocenters. The van der Waals surface area contributed by atoms with E-state index in [1.165, 1.54) is 13.2 Å². The Balaban J connectivity index is 1.64. The first-order valence-electron chi connectivity index (χ1n) is 9.98. The van der Waals surface area contributed by atoms with Crippen LogP contribution >= 0.6 is 15.9 Å². The van der Waals surface area contributed by atoms with E-state index in [2.05, 4.69) is 21.2 Å². The van der Waals surface area contributed by atoms with Crippen molar-refractivity contribution < 1.29 is 23.9 Å². The highest BCUT2D eigenvalue weighted by molar-refractivity contribution is 9.10. The van der Waals surface area contributed by atoms with Crippen molar-refractivity contribution in [1.29, 1.82) is 0 Å². The monoisotopic (exact) mass is 506 g/mol. The van der Waals surface area contributed by atoms with Crippen LogP contribution in [0.2, 0.25) is 0 Å². The van der Waals surface area contributed by atoms with Crippen molar-refractivity contribution in [3.63, 3.8) is 0 Å². The summed E-state index contributed by atoms with van der Waals surface area (Å²) in [6, 6.07) is 20.6. The highest BCUT2D eigenvalue weighted by Gasteiger charge is 2.36. The number of carbonyl (C=O) groups is 3. The van der Waals surface area contributed by atoms with Crippen LogP contribution in [-0.2, 0) is 16.2 Å². The number of para-hydroxylation sites is 1. The van der Waals surface area contributed by atoms with Crippen LogP contribution in [0.1, 0.15) is 11.1 Å². The Morgan fingerprint density at radius 1 is 0.970 bits per heavy atom. The van der Waals surface area contributed by atoms with Gasteiger partial charge in [-0.3, -0.25) is 14.9 Å². The molecular formula is C25H19BrN2O5. The molecule has 0 unspecified atom stereocenters. The molecule has 0 aliphatic carbocycles. The quantitative estimate of drug-likeness (QED) is 0.386. The fourth-order valence-electron chi connectivity index (χ4n) is 3.33. The van der Waals surface area contributed by atoms with Crippen molar-refractivity contribution in [3.8, 4) is 11.5 Å². The number of hydrogen-bond donors (Lipinski definition) is 1. The number of nitrogens with one attached hydrogen (secondary N) is 1. The number of imide groups is 2. The molecule has 0 radical (unpaired) electrons. The lowest BCUT2D eigenvalue weighted by atomic mass is 10.1. The Morgan fingerprint density at radius 3 is 2.30 bits per heavy atom. The zero-order valence-corrected chi connectivity index (χ0v) is 19.2. The molecule has 4 amide bonds. The summed E-state index contributed by atoms with van der Waals surface area (Å²) in [4.78, 5) is 38.7. The molecule has 0 spiro atoms. The van der Waals surface area contributed by atoms with Crippen LogP contribution in [0.25, 0.3) is 6.08 Å². The maximum absolute atomic E-state index is 13.0. The molecular weight excluding hydrogens is 488 g/mol. The second kappa shape index (κ2) is 9.70. The van der Waals surface area contributed by atoms with E-state index >= 15 is 0 Å². The average Bonchev–Trinajstić information content (AvgIpc) is 2.82. The van der Waals surface area contributed by atoms with Crippen molar-refractivity contribution in [2.24, 2.45) is 0 Å². The van der Waals surface area contributed by atoms with Gasteiger partial charge in [0.15, 0.2) is 11.5 Å². The van der Waals surface area contributed by atoms with Gasteiger partial charge >= 0.3 is 6.03 Å². The fraction of sp³-hybridized carbons (Fsp3) is 0.0800. The van der Waals surface area contributed by atoms with Gasteiger partial charge in [-0.15, -0.1) is 0 Å². The lowest BCUT2D eigenvalue weighted by molar-refractivity contribution is -0.122. The minimum Gasteiger partial charge on any atom is -0.493 e. The predicted octanol–water partition coefficient (Wildman–Crippen LogP) is 4.70. The largest absolute Gasteiger partial charge is 0.493 e. The highest BCUT2D eigenvalue weighted by Crippen LogP contribution is 2.38. The molecule has 4 rings (SSSR count). The molecule has 0 bridgehead atoms. The van der Waals surface area contributed by atoms with Crippen LogP contribution in [0.5, 0.6) is 11.5 Å². The Labute approximate surface area is 198 Å². The molecule has 7 nitrogen and oxygen atoms in total. The first-order chi connectivity index (χ1) is 16.0. The minimum atomic E-state index is -0.795. The van der Waals surface area contributed by atoms with E-state index in [0.29, 0.717) is 33.8 Å². The normalized spacial score (nSPS) is 14.9. The van der Waals surface area contributed by atoms with Gasteiger partial charge < -0.3 is 9.47 Å². The van der Waals surface area contributed by atoms with Gasteiger partial charge in [0.25, 0.3) is 11.8 Å². The molecule has 3 aromatic carbocycles. The molecule has 1 saturated heterocycles. The van der Waals surface area contributed by atoms with Crippen molar-refractivity contribution in [2.75, 3.05) is 12.0 Å². The van der Waals surface area contributed by atoms with E-state index in [4.69, 9.17) is 9.47 Å². The molecule has 33 heavy (non-hydrogen) atoms. The second-order valence-electron chi connectivity index (χ2n) is 7.10. The molecule has 1 fully saturated rings. The summed E-state index contributed by atoms with van der Waals surface area (Å²) in [6.45, 7) is 0.339. The smallest absolute Gasteiger partial charge is 0.335 e. The molecule has 8 heteroatoms. The number of hydrogen-bond acceptors (Lipinski definition) is 5. The topological polar surface area (TPSA) is 84.9 Å². The number of methoxy groups -OCH3 is 1. The highest BCUT2D eigenvalue weighted by atomic mass is 79.9. The molecule has 0 aromatic heterocycles. The summed E-state index contributed by atoms with van der Waals surface area (Å²) in [5, 5.41) is 2.21. The molecule has 166 valence electrons. The summed E-state index contributed by atoms with van der Waals surface area (Å²) in [5.74, 6) is -0.568. The zero-order valence-electron chi connectivity index (χ0n) is 17.6. The van der Waals surface area contributed by atoms with Gasteiger partial charge in [0, 0.05) is 0 Å². The lowest BCUT2D eigenvalue weighted by Gasteiger charge is -2.26. The number of rotatable bonds is 6. The Bertz CT molecular complexity index is 1240. The van der Waals surface area contributed by atoms with Crippen molar-refractivity contribution in [2.45, 2.75) is 6.61 Å². The second-order valence-corrected chi connectivity index (χ2v) is 7.96. The third kappa shape index (κ3) is 4.80. The number of urea groups is 1. The number of carbonyl (C=O) groups excluding carboxylic acids is 3. The van der Waals surface area contributed by atoms with E-state index in [1.807, 2.05) is 30.3 Å². The number of amides is 4. The lowest BCUT2D eigenvalue weighted by Crippen LogP contribution is -2.54. The molecule has 1 N–H and O–H groups in total. The van der Waals surface area contributed by atoms with Gasteiger partial charge in [0.1, 0.15) is 12.2 Å². The SMILES string of the molecule is COc1cc(C=C2C(=O)NC(=O)N(c3ccccc3)C2=O)cc(Br)c1OCc1ccccc1. The van der Waals surface area contributed by atoms with E-state index in [9.17, 15) is 14.4 Å². The number of halogens is 1. The number of nitrogens with zero attached hydrogens (tertiary/aromatic N) is 1. The summed E-state index contributed by atoms with van der Waals surface area (Å²) in [7, 11) is 1.50. The molecule has 0 saturated carbocycles. The maximum Gasteiger partial charge on any atom is 0.335 e. The average molecular weight is 507 g/mol. The first-order valence-corrected chi connectivity index (χ1v) is 10.8. The third-order valence-corrected chi connectivity index (χ3v) is 5.49. The molecule has 1 aliphatic rings. The van der Waals surface area contributed by atoms with Crippen LogP contribution in [-0.4, -0.2) is 25.0 Å². The zero-order chi connectivity index (χ0) is 23.4. The van der Waals surface area contributed by atoms with Crippen molar-refractivity contribution in [1.82, 2.24) is 5.32 Å². The van der Waals surface area contributed by atoms with Gasteiger partial charge in [-0.25, -0.2) is 9.69 Å². The van der Waals surface area contributed by atoms with Crippen LogP contribution in [0.15, 0.2) is 82.8 Å². The van der Waals surface area contributed by atoms with Crippen molar-refractivity contribution in [3.05, 3.63) is 94.0 Å². The van der Waals surface area contributed by atoms with Gasteiger partial charge in [0.05, 0.1) is 17.3 Å². The Kier molecular flexibility index (Phi) is 6.55. The first kappa shape index (κ1) is 22.3. The predicted molar refractivity (Wildman–Crippen MR) is 127 cm³/mol. The summed E-state index contributed by atoms with van der Waals surface area (Å²) in [5.41, 5.74) is 1.70. The molecule has 1 aliphatic heterocycles. The molecule has 1 heterocycles. The van der Waals surface area contributed by atoms with Crippen LogP contribution < -0.4 is 19.7 Å². The number of ether oxygens (including phenoxy) is 2. The summed E-state index contributed by atoms with van der Waals surface area (Å²) >= 11 is 3.48. The summed E-state index contributed by atoms with van der Waals surface area (Å²) in [6.07, 6.45) is 1.41. The standard InChI is InChI=1S/C25H19BrN2O5/c1-32-21-14-17(13-20(26)22(21)33-15-16-8-4-2-5-9-16)12-19-23(29)27-25(31)28(24(19)30)18-10-6-3-7-11-18/h2-14H,15H2,1H3,(H,27,29,31). The van der Waals surface area contributed by atoms with E-state index in [0.717, 1.165) is 10.5 Å². The Morgan fingerprint density at radius 2 is 1.64 bits per heavy atom. The van der Waals surface area contributed by atoms with Crippen LogP contribution in [0.3, 0.4) is 0 Å². The minimum absolute atomic E-state index is 0.176. The third-order valence-electron chi connectivity index (χ3n) is 4.90. The van der Waals surface area contributed by atoms with Gasteiger partial charge in [-0.05, 0) is 57.4 Å². The molecule has 3 aromatic rings. The van der Waals surface area contributed by atoms with Gasteiger partial charge in [-0.1, -0.05) is 48.5 Å². The van der Waals surface area contributed by atoms with Gasteiger partial charge in [-0.2, -0.15) is 0 Å². The van der Waals surface area contributed by atoms with E-state index in [1.54, 1.807) is 42.5 Å². The van der Waals surface area contributed by atoms with E-state index in [-0.39, 0.29) is 5.57 Å². The van der Waals surface area contributed by atoms with Gasteiger partial charge in [0.2, 0.25) is 0 Å². The Hall–Kier alpha value is -3.91. The number of barbiturate groups is 1. The number of anilines is 1. The summed E-state index contributed by atoms with van der Waals surface area (Å²) < 4.78 is 12.0. The fourth-order valence-corrected chi connectivity index (χ4v) is 3.90. The van der Waals surface area contributed by atoms with Crippen molar-refractivity contribution >= 4 is 45.5 Å². The van der Waals surface area contributed by atoms with Crippen LogP contribution in [0.4, 0.5) is 10.5 Å². The van der Waals surface area contributed by atoms with Crippen LogP contribution in [0, 0.1) is 0 Å². The maximum atomic E-state index is 13.0.